The minimum atomic E-state index is -0.0386. The number of rotatable bonds is 6. The Kier molecular flexibility index (Phi) is 6.08. The summed E-state index contributed by atoms with van der Waals surface area (Å²) in [5.41, 5.74) is 1.59. The summed E-state index contributed by atoms with van der Waals surface area (Å²) in [5, 5.41) is 7.73. The summed E-state index contributed by atoms with van der Waals surface area (Å²) in [5.74, 6) is 2.43. The van der Waals surface area contributed by atoms with Crippen molar-refractivity contribution in [2.45, 2.75) is 19.4 Å². The van der Waals surface area contributed by atoms with Gasteiger partial charge in [-0.05, 0) is 61.4 Å². The van der Waals surface area contributed by atoms with E-state index in [9.17, 15) is 4.79 Å². The molecule has 3 aromatic heterocycles. The van der Waals surface area contributed by atoms with Gasteiger partial charge in [0.1, 0.15) is 11.6 Å². The van der Waals surface area contributed by atoms with Crippen LogP contribution in [0.1, 0.15) is 18.6 Å². The molecule has 1 saturated heterocycles. The Morgan fingerprint density at radius 3 is 2.70 bits per heavy atom. The molecule has 0 aliphatic carbocycles. The molecule has 4 aromatic rings. The Morgan fingerprint density at radius 1 is 1.12 bits per heavy atom. The number of nitrogens with zero attached hydrogens (tertiary/aromatic N) is 4. The third kappa shape index (κ3) is 4.75. The number of carbonyl (C=O) groups is 1. The van der Waals surface area contributed by atoms with Crippen molar-refractivity contribution < 1.29 is 13.7 Å². The predicted molar refractivity (Wildman–Crippen MR) is 123 cm³/mol. The van der Waals surface area contributed by atoms with Crippen LogP contribution >= 0.6 is 11.6 Å². The first-order chi connectivity index (χ1) is 16.2. The standard InChI is InChI=1S/C24H22ClN5O3/c25-18-7-5-16(6-8-18)21-28-24(33-29-21)20-4-1-11-26-22(20)30-12-9-17(10-13-30)23(31)27-15-19-3-2-14-32-19/h1-8,11,14,17H,9-10,12-13,15H2,(H,27,31). The molecule has 0 saturated carbocycles. The molecule has 1 aliphatic rings. The lowest BCUT2D eigenvalue weighted by Gasteiger charge is -2.32. The Bertz CT molecular complexity index is 1220. The molecule has 0 radical (unpaired) electrons. The Hall–Kier alpha value is -3.65. The van der Waals surface area contributed by atoms with E-state index in [4.69, 9.17) is 20.5 Å². The number of pyridine rings is 1. The molecule has 9 heteroatoms. The number of benzene rings is 1. The maximum absolute atomic E-state index is 12.6. The van der Waals surface area contributed by atoms with Gasteiger partial charge in [0, 0.05) is 35.8 Å². The molecule has 0 atom stereocenters. The molecule has 5 rings (SSSR count). The third-order valence-corrected chi connectivity index (χ3v) is 5.98. The number of amides is 1. The molecule has 0 bridgehead atoms. The minimum absolute atomic E-state index is 0.0386. The lowest BCUT2D eigenvalue weighted by Crippen LogP contribution is -2.40. The van der Waals surface area contributed by atoms with Gasteiger partial charge in [-0.3, -0.25) is 4.79 Å². The Morgan fingerprint density at radius 2 is 1.94 bits per heavy atom. The van der Waals surface area contributed by atoms with Gasteiger partial charge in [0.25, 0.3) is 5.89 Å². The number of piperidine rings is 1. The van der Waals surface area contributed by atoms with Crippen LogP contribution in [0.4, 0.5) is 5.82 Å². The maximum atomic E-state index is 12.6. The zero-order valence-corrected chi connectivity index (χ0v) is 18.5. The summed E-state index contributed by atoms with van der Waals surface area (Å²) in [6.45, 7) is 1.83. The fourth-order valence-corrected chi connectivity index (χ4v) is 4.08. The average molecular weight is 464 g/mol. The molecule has 8 nitrogen and oxygen atoms in total. The summed E-state index contributed by atoms with van der Waals surface area (Å²) in [7, 11) is 0. The van der Waals surface area contributed by atoms with E-state index >= 15 is 0 Å². The van der Waals surface area contributed by atoms with Gasteiger partial charge in [-0.15, -0.1) is 0 Å². The molecule has 168 valence electrons. The SMILES string of the molecule is O=C(NCc1ccco1)C1CCN(c2ncccc2-c2nc(-c3ccc(Cl)cc3)no2)CC1. The van der Waals surface area contributed by atoms with Crippen molar-refractivity contribution in [3.05, 3.63) is 71.8 Å². The van der Waals surface area contributed by atoms with Crippen molar-refractivity contribution in [2.24, 2.45) is 5.92 Å². The summed E-state index contributed by atoms with van der Waals surface area (Å²) in [4.78, 5) is 23.9. The van der Waals surface area contributed by atoms with Crippen LogP contribution in [-0.4, -0.2) is 34.1 Å². The lowest BCUT2D eigenvalue weighted by molar-refractivity contribution is -0.125. The van der Waals surface area contributed by atoms with Crippen molar-refractivity contribution in [1.29, 1.82) is 0 Å². The first-order valence-corrected chi connectivity index (χ1v) is 11.2. The summed E-state index contributed by atoms with van der Waals surface area (Å²) in [6.07, 6.45) is 4.82. The zero-order chi connectivity index (χ0) is 22.6. The number of hydrogen-bond donors (Lipinski definition) is 1. The van der Waals surface area contributed by atoms with Crippen molar-refractivity contribution in [3.8, 4) is 22.8 Å². The van der Waals surface area contributed by atoms with E-state index in [1.165, 1.54) is 0 Å². The molecule has 0 unspecified atom stereocenters. The van der Waals surface area contributed by atoms with Crippen molar-refractivity contribution >= 4 is 23.3 Å². The number of nitrogens with one attached hydrogen (secondary N) is 1. The van der Waals surface area contributed by atoms with E-state index in [0.29, 0.717) is 36.4 Å². The first-order valence-electron chi connectivity index (χ1n) is 10.8. The van der Waals surface area contributed by atoms with E-state index in [-0.39, 0.29) is 11.8 Å². The molecule has 1 aromatic carbocycles. The van der Waals surface area contributed by atoms with Crippen molar-refractivity contribution in [3.63, 3.8) is 0 Å². The third-order valence-electron chi connectivity index (χ3n) is 5.73. The van der Waals surface area contributed by atoms with Gasteiger partial charge in [-0.2, -0.15) is 4.98 Å². The van der Waals surface area contributed by atoms with Gasteiger partial charge in [0.05, 0.1) is 18.4 Å². The molecular weight excluding hydrogens is 442 g/mol. The van der Waals surface area contributed by atoms with Gasteiger partial charge < -0.3 is 19.2 Å². The highest BCUT2D eigenvalue weighted by atomic mass is 35.5. The molecule has 0 spiro atoms. The second-order valence-electron chi connectivity index (χ2n) is 7.86. The summed E-state index contributed by atoms with van der Waals surface area (Å²) in [6, 6.07) is 14.7. The molecule has 4 heterocycles. The molecule has 1 aliphatic heterocycles. The van der Waals surface area contributed by atoms with Crippen LogP contribution in [0.15, 0.2) is 69.9 Å². The first kappa shape index (κ1) is 21.2. The van der Waals surface area contributed by atoms with Crippen LogP contribution in [-0.2, 0) is 11.3 Å². The number of aromatic nitrogens is 3. The van der Waals surface area contributed by atoms with E-state index in [2.05, 4.69) is 25.3 Å². The monoisotopic (exact) mass is 463 g/mol. The second kappa shape index (κ2) is 9.46. The highest BCUT2D eigenvalue weighted by molar-refractivity contribution is 6.30. The quantitative estimate of drug-likeness (QED) is 0.447. The van der Waals surface area contributed by atoms with Crippen LogP contribution in [0, 0.1) is 5.92 Å². The average Bonchev–Trinajstić information content (AvgIpc) is 3.56. The van der Waals surface area contributed by atoms with Gasteiger partial charge in [-0.25, -0.2) is 4.98 Å². The van der Waals surface area contributed by atoms with Crippen LogP contribution < -0.4 is 10.2 Å². The van der Waals surface area contributed by atoms with E-state index in [1.54, 1.807) is 24.6 Å². The predicted octanol–water partition coefficient (Wildman–Crippen LogP) is 4.58. The smallest absolute Gasteiger partial charge is 0.261 e. The van der Waals surface area contributed by atoms with Crippen molar-refractivity contribution in [2.75, 3.05) is 18.0 Å². The van der Waals surface area contributed by atoms with Crippen molar-refractivity contribution in [1.82, 2.24) is 20.4 Å². The zero-order valence-electron chi connectivity index (χ0n) is 17.8. The summed E-state index contributed by atoms with van der Waals surface area (Å²) < 4.78 is 10.8. The second-order valence-corrected chi connectivity index (χ2v) is 8.30. The fourth-order valence-electron chi connectivity index (χ4n) is 3.95. The fraction of sp³-hybridized carbons (Fsp3) is 0.250. The highest BCUT2D eigenvalue weighted by Crippen LogP contribution is 2.32. The van der Waals surface area contributed by atoms with Gasteiger partial charge in [0.2, 0.25) is 11.7 Å². The number of anilines is 1. The lowest BCUT2D eigenvalue weighted by atomic mass is 9.95. The highest BCUT2D eigenvalue weighted by Gasteiger charge is 2.28. The normalized spacial score (nSPS) is 14.4. The molecular formula is C24H22ClN5O3. The van der Waals surface area contributed by atoms with E-state index in [0.717, 1.165) is 35.5 Å². The molecule has 1 amide bonds. The van der Waals surface area contributed by atoms with Crippen LogP contribution in [0.5, 0.6) is 0 Å². The van der Waals surface area contributed by atoms with Gasteiger partial charge in [-0.1, -0.05) is 16.8 Å². The van der Waals surface area contributed by atoms with Gasteiger partial charge in [0.15, 0.2) is 0 Å². The van der Waals surface area contributed by atoms with Crippen LogP contribution in [0.2, 0.25) is 5.02 Å². The van der Waals surface area contributed by atoms with Gasteiger partial charge >= 0.3 is 0 Å². The van der Waals surface area contributed by atoms with E-state index < -0.39 is 0 Å². The maximum Gasteiger partial charge on any atom is 0.261 e. The number of hydrogen-bond acceptors (Lipinski definition) is 7. The number of furan rings is 1. The van der Waals surface area contributed by atoms with Crippen LogP contribution in [0.3, 0.4) is 0 Å². The number of carbonyl (C=O) groups excluding carboxylic acids is 1. The Balaban J connectivity index is 1.26. The summed E-state index contributed by atoms with van der Waals surface area (Å²) >= 11 is 5.97. The van der Waals surface area contributed by atoms with E-state index in [1.807, 2.05) is 36.4 Å². The number of halogens is 1. The molecule has 1 N–H and O–H groups in total. The van der Waals surface area contributed by atoms with Crippen LogP contribution in [0.25, 0.3) is 22.8 Å². The minimum Gasteiger partial charge on any atom is -0.467 e. The largest absolute Gasteiger partial charge is 0.467 e. The topological polar surface area (TPSA) is 97.3 Å². The molecule has 1 fully saturated rings. The Labute approximate surface area is 195 Å². The molecule has 33 heavy (non-hydrogen) atoms.